The number of benzene rings is 1. The van der Waals surface area contributed by atoms with E-state index in [0.717, 1.165) is 23.3 Å². The van der Waals surface area contributed by atoms with Gasteiger partial charge in [0.1, 0.15) is 0 Å². The number of anilines is 1. The zero-order valence-corrected chi connectivity index (χ0v) is 9.15. The highest BCUT2D eigenvalue weighted by Gasteiger charge is 2.00. The van der Waals surface area contributed by atoms with E-state index in [0.29, 0.717) is 5.69 Å². The molecule has 0 fully saturated rings. The fraction of sp³-hybridized carbons (Fsp3) is 0.167. The Morgan fingerprint density at radius 2 is 1.69 bits per heavy atom. The summed E-state index contributed by atoms with van der Waals surface area (Å²) in [5.74, 6) is -1.59. The first-order chi connectivity index (χ1) is 7.47. The molecule has 0 spiro atoms. The Balaban J connectivity index is 2.73. The Hall–Kier alpha value is -2.10. The first-order valence-electron chi connectivity index (χ1n) is 4.77. The Morgan fingerprint density at radius 1 is 1.12 bits per heavy atom. The first-order valence-corrected chi connectivity index (χ1v) is 4.77. The summed E-state index contributed by atoms with van der Waals surface area (Å²) < 4.78 is 0. The normalized spacial score (nSPS) is 10.4. The van der Waals surface area contributed by atoms with Crippen molar-refractivity contribution in [3.05, 3.63) is 41.5 Å². The number of hydrogen-bond acceptors (Lipinski definition) is 2. The Kier molecular flexibility index (Phi) is 3.83. The minimum Gasteiger partial charge on any atom is -0.478 e. The minimum absolute atomic E-state index is 0.451. The van der Waals surface area contributed by atoms with E-state index < -0.39 is 11.9 Å². The van der Waals surface area contributed by atoms with Gasteiger partial charge in [-0.15, -0.1) is 0 Å². The van der Waals surface area contributed by atoms with Gasteiger partial charge in [-0.1, -0.05) is 6.07 Å². The number of hydrogen-bond donors (Lipinski definition) is 2. The van der Waals surface area contributed by atoms with E-state index >= 15 is 0 Å². The molecule has 2 N–H and O–H groups in total. The van der Waals surface area contributed by atoms with Gasteiger partial charge in [-0.05, 0) is 37.1 Å². The molecule has 0 aromatic heterocycles. The van der Waals surface area contributed by atoms with Gasteiger partial charge in [0.2, 0.25) is 5.91 Å². The molecule has 1 rings (SSSR count). The molecule has 0 radical (unpaired) electrons. The van der Waals surface area contributed by atoms with E-state index in [4.69, 9.17) is 5.11 Å². The highest BCUT2D eigenvalue weighted by molar-refractivity contribution is 6.02. The molecule has 16 heavy (non-hydrogen) atoms. The molecule has 0 unspecified atom stereocenters. The molecule has 0 aliphatic rings. The van der Waals surface area contributed by atoms with Crippen molar-refractivity contribution in [2.45, 2.75) is 13.8 Å². The number of carboxylic acids is 1. The van der Waals surface area contributed by atoms with Crippen LogP contribution in [0.25, 0.3) is 0 Å². The Bertz CT molecular complexity index is 429. The molecule has 1 aromatic carbocycles. The molecular formula is C12H13NO3. The van der Waals surface area contributed by atoms with E-state index in [-0.39, 0.29) is 0 Å². The van der Waals surface area contributed by atoms with Gasteiger partial charge in [0, 0.05) is 17.8 Å². The van der Waals surface area contributed by atoms with Crippen molar-refractivity contribution in [3.63, 3.8) is 0 Å². The largest absolute Gasteiger partial charge is 0.478 e. The van der Waals surface area contributed by atoms with Gasteiger partial charge in [0.15, 0.2) is 0 Å². The lowest BCUT2D eigenvalue weighted by molar-refractivity contribution is -0.131. The average molecular weight is 219 g/mol. The summed E-state index contributed by atoms with van der Waals surface area (Å²) in [5.41, 5.74) is 2.74. The van der Waals surface area contributed by atoms with Crippen molar-refractivity contribution >= 4 is 17.6 Å². The molecule has 0 atom stereocenters. The van der Waals surface area contributed by atoms with Crippen LogP contribution in [0.15, 0.2) is 30.4 Å². The maximum Gasteiger partial charge on any atom is 0.328 e. The predicted octanol–water partition coefficient (Wildman–Crippen LogP) is 1.88. The molecule has 0 heterocycles. The molecule has 1 amide bonds. The van der Waals surface area contributed by atoms with Crippen LogP contribution in [0.3, 0.4) is 0 Å². The van der Waals surface area contributed by atoms with Crippen LogP contribution in [0.1, 0.15) is 11.1 Å². The second-order valence-corrected chi connectivity index (χ2v) is 3.54. The fourth-order valence-electron chi connectivity index (χ4n) is 1.38. The summed E-state index contributed by atoms with van der Waals surface area (Å²) in [6.07, 6.45) is 1.79. The molecule has 4 heteroatoms. The van der Waals surface area contributed by atoms with Crippen LogP contribution in [0.2, 0.25) is 0 Å². The Morgan fingerprint density at radius 3 is 2.19 bits per heavy atom. The van der Waals surface area contributed by atoms with Crippen molar-refractivity contribution in [1.29, 1.82) is 0 Å². The number of carbonyl (C=O) groups excluding carboxylic acids is 1. The molecule has 84 valence electrons. The zero-order valence-electron chi connectivity index (χ0n) is 9.15. The maximum atomic E-state index is 11.3. The van der Waals surface area contributed by atoms with Crippen molar-refractivity contribution in [1.82, 2.24) is 0 Å². The van der Waals surface area contributed by atoms with Crippen molar-refractivity contribution in [2.75, 3.05) is 5.32 Å². The number of aliphatic carboxylic acids is 1. The molecule has 0 bridgehead atoms. The van der Waals surface area contributed by atoms with Crippen LogP contribution < -0.4 is 5.32 Å². The summed E-state index contributed by atoms with van der Waals surface area (Å²) in [5, 5.41) is 10.9. The third kappa shape index (κ3) is 3.96. The van der Waals surface area contributed by atoms with Crippen LogP contribution in [0, 0.1) is 13.8 Å². The quantitative estimate of drug-likeness (QED) is 0.763. The topological polar surface area (TPSA) is 66.4 Å². The van der Waals surface area contributed by atoms with Crippen LogP contribution in [-0.2, 0) is 9.59 Å². The summed E-state index contributed by atoms with van der Waals surface area (Å²) in [6, 6.07) is 5.63. The minimum atomic E-state index is -1.14. The van der Waals surface area contributed by atoms with E-state index in [1.165, 1.54) is 0 Å². The van der Waals surface area contributed by atoms with Crippen molar-refractivity contribution < 1.29 is 14.7 Å². The summed E-state index contributed by atoms with van der Waals surface area (Å²) in [7, 11) is 0. The Labute approximate surface area is 93.6 Å². The molecule has 1 aromatic rings. The molecule has 0 saturated heterocycles. The number of aryl methyl sites for hydroxylation is 2. The van der Waals surface area contributed by atoms with E-state index in [2.05, 4.69) is 5.32 Å². The van der Waals surface area contributed by atoms with Crippen molar-refractivity contribution in [2.24, 2.45) is 0 Å². The van der Waals surface area contributed by atoms with Gasteiger partial charge >= 0.3 is 5.97 Å². The molecule has 4 nitrogen and oxygen atoms in total. The lowest BCUT2D eigenvalue weighted by atomic mass is 10.1. The van der Waals surface area contributed by atoms with E-state index in [1.807, 2.05) is 32.0 Å². The van der Waals surface area contributed by atoms with Gasteiger partial charge in [-0.2, -0.15) is 0 Å². The second kappa shape index (κ2) is 5.11. The summed E-state index contributed by atoms with van der Waals surface area (Å²) in [4.78, 5) is 21.5. The van der Waals surface area contributed by atoms with Gasteiger partial charge in [0.25, 0.3) is 0 Å². The third-order valence-electron chi connectivity index (χ3n) is 1.87. The lowest BCUT2D eigenvalue weighted by Crippen LogP contribution is -2.08. The van der Waals surface area contributed by atoms with Gasteiger partial charge in [-0.3, -0.25) is 4.79 Å². The highest BCUT2D eigenvalue weighted by atomic mass is 16.4. The van der Waals surface area contributed by atoms with Gasteiger partial charge in [-0.25, -0.2) is 4.79 Å². The molecular weight excluding hydrogens is 206 g/mol. The summed E-state index contributed by atoms with van der Waals surface area (Å²) in [6.45, 7) is 3.85. The number of carboxylic acid groups (broad SMARTS) is 1. The van der Waals surface area contributed by atoms with Gasteiger partial charge in [0.05, 0.1) is 0 Å². The zero-order chi connectivity index (χ0) is 12.1. The number of carbonyl (C=O) groups is 2. The van der Waals surface area contributed by atoms with Crippen LogP contribution >= 0.6 is 0 Å². The number of amides is 1. The van der Waals surface area contributed by atoms with E-state index in [1.54, 1.807) is 0 Å². The third-order valence-corrected chi connectivity index (χ3v) is 1.87. The maximum absolute atomic E-state index is 11.3. The predicted molar refractivity (Wildman–Crippen MR) is 61.3 cm³/mol. The van der Waals surface area contributed by atoms with Crippen LogP contribution in [0.5, 0.6) is 0 Å². The van der Waals surface area contributed by atoms with E-state index in [9.17, 15) is 9.59 Å². The first kappa shape index (κ1) is 12.0. The lowest BCUT2D eigenvalue weighted by Gasteiger charge is -2.04. The highest BCUT2D eigenvalue weighted by Crippen LogP contribution is 2.13. The van der Waals surface area contributed by atoms with Crippen LogP contribution in [-0.4, -0.2) is 17.0 Å². The molecule has 0 aliphatic carbocycles. The average Bonchev–Trinajstić information content (AvgIpc) is 2.12. The standard InChI is InChI=1S/C12H13NO3/c1-8-5-9(2)7-10(6-8)13-11(14)3-4-12(15)16/h3-7H,1-2H3,(H,13,14)(H,15,16). The molecule has 0 aliphatic heterocycles. The molecule has 0 saturated carbocycles. The SMILES string of the molecule is Cc1cc(C)cc(NC(=O)C=CC(=O)O)c1. The second-order valence-electron chi connectivity index (χ2n) is 3.54. The summed E-state index contributed by atoms with van der Waals surface area (Å²) >= 11 is 0. The monoisotopic (exact) mass is 219 g/mol. The fourth-order valence-corrected chi connectivity index (χ4v) is 1.38. The number of nitrogens with one attached hydrogen (secondary N) is 1. The number of rotatable bonds is 3. The smallest absolute Gasteiger partial charge is 0.328 e. The van der Waals surface area contributed by atoms with Gasteiger partial charge < -0.3 is 10.4 Å². The van der Waals surface area contributed by atoms with Crippen molar-refractivity contribution in [3.8, 4) is 0 Å². The van der Waals surface area contributed by atoms with Crippen LogP contribution in [0.4, 0.5) is 5.69 Å².